The number of sulfonamides is 1. The number of ether oxygens (including phenoxy) is 1. The van der Waals surface area contributed by atoms with Gasteiger partial charge in [0.2, 0.25) is 10.0 Å². The third-order valence-corrected chi connectivity index (χ3v) is 6.36. The lowest BCUT2D eigenvalue weighted by atomic mass is 10.1. The lowest BCUT2D eigenvalue weighted by molar-refractivity contribution is -0.0530. The van der Waals surface area contributed by atoms with Gasteiger partial charge in [0.15, 0.2) is 0 Å². The van der Waals surface area contributed by atoms with Crippen LogP contribution in [0.2, 0.25) is 0 Å². The van der Waals surface area contributed by atoms with Crippen molar-refractivity contribution in [3.63, 3.8) is 0 Å². The summed E-state index contributed by atoms with van der Waals surface area (Å²) in [4.78, 5) is 0. The standard InChI is InChI=1S/C19H23NO5S/c21-18-14-26(23,24)20(11-15-7-3-1-4-8-15)17(19(18)22)13-25-12-16-9-5-2-6-10-16/h1-10,17-19,21-22H,11-14H2/t17-,18+,19-/m0/s1. The lowest BCUT2D eigenvalue weighted by Crippen LogP contribution is -2.60. The first kappa shape index (κ1) is 19.0. The summed E-state index contributed by atoms with van der Waals surface area (Å²) in [6.45, 7) is 0.435. The number of rotatable bonds is 6. The number of hydrogen-bond donors (Lipinski definition) is 2. The largest absolute Gasteiger partial charge is 0.389 e. The molecule has 1 saturated heterocycles. The van der Waals surface area contributed by atoms with Crippen molar-refractivity contribution < 1.29 is 23.4 Å². The summed E-state index contributed by atoms with van der Waals surface area (Å²) < 4.78 is 32.1. The van der Waals surface area contributed by atoms with E-state index in [4.69, 9.17) is 4.74 Å². The van der Waals surface area contributed by atoms with E-state index in [1.165, 1.54) is 4.31 Å². The Balaban J connectivity index is 1.75. The average molecular weight is 377 g/mol. The van der Waals surface area contributed by atoms with Gasteiger partial charge >= 0.3 is 0 Å². The summed E-state index contributed by atoms with van der Waals surface area (Å²) in [6, 6.07) is 17.8. The zero-order valence-electron chi connectivity index (χ0n) is 14.3. The van der Waals surface area contributed by atoms with Crippen LogP contribution in [0.5, 0.6) is 0 Å². The number of aliphatic hydroxyl groups is 2. The molecule has 0 spiro atoms. The van der Waals surface area contributed by atoms with Crippen molar-refractivity contribution in [3.8, 4) is 0 Å². The smallest absolute Gasteiger partial charge is 0.217 e. The first-order chi connectivity index (χ1) is 12.5. The molecule has 2 aromatic rings. The maximum absolute atomic E-state index is 12.6. The zero-order chi connectivity index (χ0) is 18.6. The van der Waals surface area contributed by atoms with Crippen molar-refractivity contribution in [1.29, 1.82) is 0 Å². The van der Waals surface area contributed by atoms with E-state index in [-0.39, 0.29) is 13.2 Å². The summed E-state index contributed by atoms with van der Waals surface area (Å²) in [7, 11) is -3.70. The van der Waals surface area contributed by atoms with E-state index in [0.29, 0.717) is 6.61 Å². The molecule has 0 saturated carbocycles. The van der Waals surface area contributed by atoms with Crippen LogP contribution in [-0.4, -0.2) is 53.5 Å². The van der Waals surface area contributed by atoms with E-state index in [9.17, 15) is 18.6 Å². The molecule has 1 aliphatic heterocycles. The van der Waals surface area contributed by atoms with Gasteiger partial charge in [0.25, 0.3) is 0 Å². The Labute approximate surface area is 153 Å². The van der Waals surface area contributed by atoms with Gasteiger partial charge in [0.05, 0.1) is 37.2 Å². The fraction of sp³-hybridized carbons (Fsp3) is 0.368. The Kier molecular flexibility index (Phi) is 6.05. The van der Waals surface area contributed by atoms with E-state index in [1.807, 2.05) is 60.7 Å². The molecular formula is C19H23NO5S. The van der Waals surface area contributed by atoms with E-state index in [2.05, 4.69) is 0 Å². The molecule has 26 heavy (non-hydrogen) atoms. The quantitative estimate of drug-likeness (QED) is 0.788. The number of nitrogens with zero attached hydrogens (tertiary/aromatic N) is 1. The highest BCUT2D eigenvalue weighted by atomic mass is 32.2. The summed E-state index contributed by atoms with van der Waals surface area (Å²) in [5.74, 6) is -0.490. The normalized spacial score (nSPS) is 25.8. The Hall–Kier alpha value is -1.77. The second-order valence-electron chi connectivity index (χ2n) is 6.44. The fourth-order valence-electron chi connectivity index (χ4n) is 3.08. The van der Waals surface area contributed by atoms with Crippen molar-refractivity contribution in [1.82, 2.24) is 4.31 Å². The molecular weight excluding hydrogens is 354 g/mol. The maximum atomic E-state index is 12.6. The van der Waals surface area contributed by atoms with E-state index < -0.39 is 34.0 Å². The Morgan fingerprint density at radius 2 is 1.54 bits per heavy atom. The number of benzene rings is 2. The second-order valence-corrected chi connectivity index (χ2v) is 8.40. The van der Waals surface area contributed by atoms with Crippen LogP contribution in [0.3, 0.4) is 0 Å². The molecule has 1 fully saturated rings. The first-order valence-corrected chi connectivity index (χ1v) is 10.1. The van der Waals surface area contributed by atoms with Crippen LogP contribution in [-0.2, 0) is 27.9 Å². The predicted molar refractivity (Wildman–Crippen MR) is 97.7 cm³/mol. The molecule has 1 heterocycles. The highest BCUT2D eigenvalue weighted by molar-refractivity contribution is 7.89. The van der Waals surface area contributed by atoms with Crippen LogP contribution in [0.25, 0.3) is 0 Å². The third-order valence-electron chi connectivity index (χ3n) is 4.48. The lowest BCUT2D eigenvalue weighted by Gasteiger charge is -2.40. The molecule has 0 radical (unpaired) electrons. The summed E-state index contributed by atoms with van der Waals surface area (Å²) >= 11 is 0. The molecule has 1 aliphatic rings. The summed E-state index contributed by atoms with van der Waals surface area (Å²) in [5.41, 5.74) is 1.77. The zero-order valence-corrected chi connectivity index (χ0v) is 15.1. The van der Waals surface area contributed by atoms with E-state index in [0.717, 1.165) is 11.1 Å². The van der Waals surface area contributed by atoms with Gasteiger partial charge in [-0.05, 0) is 11.1 Å². The van der Waals surface area contributed by atoms with Gasteiger partial charge in [-0.15, -0.1) is 0 Å². The molecule has 0 aromatic heterocycles. The summed E-state index contributed by atoms with van der Waals surface area (Å²) in [5, 5.41) is 20.4. The van der Waals surface area contributed by atoms with Gasteiger partial charge in [-0.1, -0.05) is 60.7 Å². The minimum atomic E-state index is -3.70. The van der Waals surface area contributed by atoms with Crippen molar-refractivity contribution in [2.75, 3.05) is 12.4 Å². The maximum Gasteiger partial charge on any atom is 0.217 e. The second kappa shape index (κ2) is 8.28. The molecule has 2 aromatic carbocycles. The Morgan fingerprint density at radius 3 is 2.15 bits per heavy atom. The van der Waals surface area contributed by atoms with Crippen molar-refractivity contribution in [2.24, 2.45) is 0 Å². The molecule has 6 nitrogen and oxygen atoms in total. The van der Waals surface area contributed by atoms with Crippen LogP contribution < -0.4 is 0 Å². The van der Waals surface area contributed by atoms with Crippen LogP contribution >= 0.6 is 0 Å². The molecule has 0 unspecified atom stereocenters. The van der Waals surface area contributed by atoms with E-state index in [1.54, 1.807) is 0 Å². The van der Waals surface area contributed by atoms with Crippen molar-refractivity contribution >= 4 is 10.0 Å². The molecule has 0 bridgehead atoms. The van der Waals surface area contributed by atoms with Crippen LogP contribution in [0.4, 0.5) is 0 Å². The van der Waals surface area contributed by atoms with Gasteiger partial charge in [-0.3, -0.25) is 0 Å². The van der Waals surface area contributed by atoms with Gasteiger partial charge in [-0.25, -0.2) is 8.42 Å². The van der Waals surface area contributed by atoms with Gasteiger partial charge < -0.3 is 14.9 Å². The van der Waals surface area contributed by atoms with Gasteiger partial charge in [0, 0.05) is 6.54 Å². The Bertz CT molecular complexity index is 797. The number of hydrogen-bond acceptors (Lipinski definition) is 5. The van der Waals surface area contributed by atoms with Crippen LogP contribution in [0.1, 0.15) is 11.1 Å². The highest BCUT2D eigenvalue weighted by Crippen LogP contribution is 2.25. The first-order valence-electron chi connectivity index (χ1n) is 8.48. The average Bonchev–Trinajstić information content (AvgIpc) is 2.63. The molecule has 2 N–H and O–H groups in total. The number of aliphatic hydroxyl groups excluding tert-OH is 2. The predicted octanol–water partition coefficient (Wildman–Crippen LogP) is 1.14. The minimum absolute atomic E-state index is 0.000809. The van der Waals surface area contributed by atoms with Gasteiger partial charge in [-0.2, -0.15) is 4.31 Å². The monoisotopic (exact) mass is 377 g/mol. The topological polar surface area (TPSA) is 87.1 Å². The van der Waals surface area contributed by atoms with Crippen molar-refractivity contribution in [2.45, 2.75) is 31.4 Å². The summed E-state index contributed by atoms with van der Waals surface area (Å²) in [6.07, 6.45) is -2.52. The fourth-order valence-corrected chi connectivity index (χ4v) is 4.84. The molecule has 7 heteroatoms. The molecule has 140 valence electrons. The SMILES string of the molecule is O=S1(=O)C[C@@H](O)[C@@H](O)[C@H](COCc2ccccc2)N1Cc1ccccc1. The van der Waals surface area contributed by atoms with E-state index >= 15 is 0 Å². The van der Waals surface area contributed by atoms with Gasteiger partial charge in [0.1, 0.15) is 0 Å². The third kappa shape index (κ3) is 4.49. The molecule has 3 rings (SSSR count). The van der Waals surface area contributed by atoms with Crippen LogP contribution in [0.15, 0.2) is 60.7 Å². The molecule has 0 aliphatic carbocycles. The van der Waals surface area contributed by atoms with Crippen LogP contribution in [0, 0.1) is 0 Å². The Morgan fingerprint density at radius 1 is 0.962 bits per heavy atom. The minimum Gasteiger partial charge on any atom is -0.389 e. The highest BCUT2D eigenvalue weighted by Gasteiger charge is 2.45. The molecule has 0 amide bonds. The van der Waals surface area contributed by atoms with Crippen molar-refractivity contribution in [3.05, 3.63) is 71.8 Å². The molecule has 3 atom stereocenters.